The Morgan fingerprint density at radius 1 is 1.41 bits per heavy atom. The van der Waals surface area contributed by atoms with Crippen molar-refractivity contribution in [1.82, 2.24) is 14.9 Å². The first kappa shape index (κ1) is 16.4. The van der Waals surface area contributed by atoms with Gasteiger partial charge >= 0.3 is 0 Å². The van der Waals surface area contributed by atoms with Crippen LogP contribution in [0, 0.1) is 0 Å². The number of carbonyl (C=O) groups is 2. The highest BCUT2D eigenvalue weighted by molar-refractivity contribution is 7.88. The number of nitrogens with one attached hydrogen (secondary N) is 2. The van der Waals surface area contributed by atoms with Gasteiger partial charge in [-0.15, -0.1) is 0 Å². The van der Waals surface area contributed by atoms with Gasteiger partial charge in [-0.3, -0.25) is 9.59 Å². The van der Waals surface area contributed by atoms with E-state index in [1.807, 2.05) is 12.1 Å². The van der Waals surface area contributed by atoms with Crippen LogP contribution >= 0.6 is 0 Å². The van der Waals surface area contributed by atoms with E-state index in [2.05, 4.69) is 10.6 Å². The molecule has 1 heterocycles. The largest absolute Gasteiger partial charge is 0.353 e. The van der Waals surface area contributed by atoms with E-state index in [4.69, 9.17) is 0 Å². The zero-order chi connectivity index (χ0) is 16.3. The maximum absolute atomic E-state index is 12.1. The van der Waals surface area contributed by atoms with Crippen LogP contribution < -0.4 is 10.6 Å². The fourth-order valence-corrected chi connectivity index (χ4v) is 2.63. The molecule has 0 unspecified atom stereocenters. The van der Waals surface area contributed by atoms with Gasteiger partial charge in [-0.25, -0.2) is 12.7 Å². The van der Waals surface area contributed by atoms with Gasteiger partial charge in [0.05, 0.1) is 6.26 Å². The Hall–Kier alpha value is -1.93. The number of carbonyl (C=O) groups excluding carboxylic acids is 2. The SMILES string of the molecule is CN(CCNC(=O)[C@@H]1Cc2ccccc2C(=O)N1)S(C)(=O)=O. The summed E-state index contributed by atoms with van der Waals surface area (Å²) in [6.07, 6.45) is 1.53. The van der Waals surface area contributed by atoms with Gasteiger partial charge in [0.2, 0.25) is 15.9 Å². The van der Waals surface area contributed by atoms with Gasteiger partial charge < -0.3 is 10.6 Å². The van der Waals surface area contributed by atoms with E-state index in [-0.39, 0.29) is 24.9 Å². The number of rotatable bonds is 5. The van der Waals surface area contributed by atoms with Crippen LogP contribution in [0.5, 0.6) is 0 Å². The zero-order valence-electron chi connectivity index (χ0n) is 12.5. The van der Waals surface area contributed by atoms with E-state index in [1.54, 1.807) is 12.1 Å². The fourth-order valence-electron chi connectivity index (χ4n) is 2.21. The van der Waals surface area contributed by atoms with E-state index in [9.17, 15) is 18.0 Å². The van der Waals surface area contributed by atoms with Crippen LogP contribution in [0.4, 0.5) is 0 Å². The zero-order valence-corrected chi connectivity index (χ0v) is 13.3. The van der Waals surface area contributed by atoms with Crippen molar-refractivity contribution in [2.24, 2.45) is 0 Å². The molecule has 0 aromatic heterocycles. The number of hydrogen-bond acceptors (Lipinski definition) is 4. The normalized spacial score (nSPS) is 17.8. The lowest BCUT2D eigenvalue weighted by Gasteiger charge is -2.25. The maximum atomic E-state index is 12.1. The highest BCUT2D eigenvalue weighted by atomic mass is 32.2. The number of benzene rings is 1. The predicted octanol–water partition coefficient (Wildman–Crippen LogP) is -0.651. The van der Waals surface area contributed by atoms with Crippen LogP contribution in [0.25, 0.3) is 0 Å². The van der Waals surface area contributed by atoms with Gasteiger partial charge in [-0.2, -0.15) is 0 Å². The van der Waals surface area contributed by atoms with Crippen molar-refractivity contribution >= 4 is 21.8 Å². The lowest BCUT2D eigenvalue weighted by atomic mass is 9.95. The molecule has 0 saturated carbocycles. The number of hydrogen-bond donors (Lipinski definition) is 2. The summed E-state index contributed by atoms with van der Waals surface area (Å²) >= 11 is 0. The molecule has 2 amide bonds. The minimum Gasteiger partial charge on any atom is -0.353 e. The number of likely N-dealkylation sites (N-methyl/N-ethyl adjacent to an activating group) is 1. The second-order valence-electron chi connectivity index (χ2n) is 5.26. The Morgan fingerprint density at radius 3 is 2.77 bits per heavy atom. The minimum absolute atomic E-state index is 0.182. The van der Waals surface area contributed by atoms with Crippen molar-refractivity contribution in [3.63, 3.8) is 0 Å². The summed E-state index contributed by atoms with van der Waals surface area (Å²) in [5, 5.41) is 5.30. The Morgan fingerprint density at radius 2 is 2.09 bits per heavy atom. The van der Waals surface area contributed by atoms with Crippen LogP contribution in [0.2, 0.25) is 0 Å². The first-order valence-corrected chi connectivity index (χ1v) is 8.71. The van der Waals surface area contributed by atoms with Gasteiger partial charge in [0.15, 0.2) is 0 Å². The summed E-state index contributed by atoms with van der Waals surface area (Å²) in [5.74, 6) is -0.583. The van der Waals surface area contributed by atoms with Crippen LogP contribution in [0.3, 0.4) is 0 Å². The van der Waals surface area contributed by atoms with E-state index in [0.717, 1.165) is 16.1 Å². The molecule has 1 atom stereocenters. The molecule has 8 heteroatoms. The molecule has 120 valence electrons. The van der Waals surface area contributed by atoms with Gasteiger partial charge in [0.25, 0.3) is 5.91 Å². The van der Waals surface area contributed by atoms with Gasteiger partial charge in [-0.1, -0.05) is 18.2 Å². The van der Waals surface area contributed by atoms with Gasteiger partial charge in [-0.05, 0) is 11.6 Å². The van der Waals surface area contributed by atoms with E-state index >= 15 is 0 Å². The van der Waals surface area contributed by atoms with Crippen molar-refractivity contribution in [1.29, 1.82) is 0 Å². The topological polar surface area (TPSA) is 95.6 Å². The lowest BCUT2D eigenvalue weighted by Crippen LogP contribution is -2.51. The van der Waals surface area contributed by atoms with Crippen molar-refractivity contribution in [3.8, 4) is 0 Å². The molecule has 1 aromatic carbocycles. The number of sulfonamides is 1. The molecule has 0 radical (unpaired) electrons. The molecule has 0 fully saturated rings. The molecule has 2 N–H and O–H groups in total. The fraction of sp³-hybridized carbons (Fsp3) is 0.429. The molecule has 1 aromatic rings. The molecule has 22 heavy (non-hydrogen) atoms. The monoisotopic (exact) mass is 325 g/mol. The maximum Gasteiger partial charge on any atom is 0.252 e. The van der Waals surface area contributed by atoms with Crippen molar-refractivity contribution in [3.05, 3.63) is 35.4 Å². The predicted molar refractivity (Wildman–Crippen MR) is 81.9 cm³/mol. The first-order valence-electron chi connectivity index (χ1n) is 6.87. The molecule has 1 aliphatic heterocycles. The van der Waals surface area contributed by atoms with Crippen LogP contribution in [-0.2, 0) is 21.2 Å². The summed E-state index contributed by atoms with van der Waals surface area (Å²) < 4.78 is 23.6. The molecule has 0 aliphatic carbocycles. The Labute approximate surface area is 129 Å². The standard InChI is InChI=1S/C14H19N3O4S/c1-17(22(2,20)21)8-7-15-14(19)12-9-10-5-3-4-6-11(10)13(18)16-12/h3-6,12H,7-9H2,1-2H3,(H,15,19)(H,16,18)/t12-/m0/s1. The summed E-state index contributed by atoms with van der Waals surface area (Å²) in [6, 6.07) is 6.52. The first-order chi connectivity index (χ1) is 10.3. The van der Waals surface area contributed by atoms with E-state index < -0.39 is 16.1 Å². The molecular weight excluding hydrogens is 306 g/mol. The van der Waals surface area contributed by atoms with Crippen molar-refractivity contribution in [2.45, 2.75) is 12.5 Å². The highest BCUT2D eigenvalue weighted by Crippen LogP contribution is 2.16. The van der Waals surface area contributed by atoms with Crippen LogP contribution in [0.15, 0.2) is 24.3 Å². The summed E-state index contributed by atoms with van der Waals surface area (Å²) in [4.78, 5) is 24.0. The van der Waals surface area contributed by atoms with E-state index in [1.165, 1.54) is 7.05 Å². The Kier molecular flexibility index (Phi) is 4.82. The van der Waals surface area contributed by atoms with Crippen LogP contribution in [-0.4, -0.2) is 57.0 Å². The average Bonchev–Trinajstić information content (AvgIpc) is 2.46. The average molecular weight is 325 g/mol. The van der Waals surface area contributed by atoms with Gasteiger partial charge in [0.1, 0.15) is 6.04 Å². The highest BCUT2D eigenvalue weighted by Gasteiger charge is 2.28. The molecule has 0 bridgehead atoms. The third-order valence-corrected chi connectivity index (χ3v) is 4.91. The Balaban J connectivity index is 1.91. The van der Waals surface area contributed by atoms with Crippen molar-refractivity contribution in [2.75, 3.05) is 26.4 Å². The molecule has 7 nitrogen and oxygen atoms in total. The lowest BCUT2D eigenvalue weighted by molar-refractivity contribution is -0.123. The van der Waals surface area contributed by atoms with Crippen LogP contribution in [0.1, 0.15) is 15.9 Å². The van der Waals surface area contributed by atoms with Crippen molar-refractivity contribution < 1.29 is 18.0 Å². The molecule has 1 aliphatic rings. The second-order valence-corrected chi connectivity index (χ2v) is 7.35. The number of fused-ring (bicyclic) bond motifs is 1. The number of nitrogens with zero attached hydrogens (tertiary/aromatic N) is 1. The second kappa shape index (κ2) is 6.45. The quantitative estimate of drug-likeness (QED) is 0.752. The number of amides is 2. The molecular formula is C14H19N3O4S. The van der Waals surface area contributed by atoms with Gasteiger partial charge in [0, 0.05) is 32.1 Å². The van der Waals surface area contributed by atoms with E-state index in [0.29, 0.717) is 12.0 Å². The third-order valence-electron chi connectivity index (χ3n) is 3.60. The summed E-state index contributed by atoms with van der Waals surface area (Å²) in [7, 11) is -1.82. The molecule has 0 spiro atoms. The minimum atomic E-state index is -3.26. The molecule has 2 rings (SSSR count). The smallest absolute Gasteiger partial charge is 0.252 e. The Bertz CT molecular complexity index is 687. The third kappa shape index (κ3) is 3.83. The summed E-state index contributed by atoms with van der Waals surface area (Å²) in [5.41, 5.74) is 1.42. The summed E-state index contributed by atoms with van der Waals surface area (Å²) in [6.45, 7) is 0.373. The molecule has 0 saturated heterocycles.